The van der Waals surface area contributed by atoms with Crippen molar-refractivity contribution in [1.82, 2.24) is 10.6 Å². The summed E-state index contributed by atoms with van der Waals surface area (Å²) < 4.78 is 11.1. The highest BCUT2D eigenvalue weighted by molar-refractivity contribution is 5.87. The molecular formula is C32H62N2O7. The molecule has 0 bridgehead atoms. The largest absolute Gasteiger partial charge is 0.388 e. The van der Waals surface area contributed by atoms with Crippen LogP contribution >= 0.6 is 0 Å². The molecule has 9 heteroatoms. The van der Waals surface area contributed by atoms with Crippen molar-refractivity contribution in [2.45, 2.75) is 180 Å². The van der Waals surface area contributed by atoms with Crippen LogP contribution in [0.3, 0.4) is 0 Å². The fourth-order valence-electron chi connectivity index (χ4n) is 5.16. The molecule has 0 aromatic heterocycles. The maximum absolute atomic E-state index is 13.0. The van der Waals surface area contributed by atoms with E-state index in [0.29, 0.717) is 13.0 Å². The molecule has 242 valence electrons. The minimum atomic E-state index is -1.47. The third-order valence-corrected chi connectivity index (χ3v) is 7.97. The lowest BCUT2D eigenvalue weighted by molar-refractivity contribution is -0.293. The van der Waals surface area contributed by atoms with E-state index in [2.05, 4.69) is 24.5 Å². The number of unbranched alkanes of at least 4 members (excludes halogenated alkanes) is 16. The van der Waals surface area contributed by atoms with Crippen molar-refractivity contribution in [3.05, 3.63) is 0 Å². The van der Waals surface area contributed by atoms with Gasteiger partial charge < -0.3 is 35.4 Å². The van der Waals surface area contributed by atoms with Gasteiger partial charge in [0.05, 0.1) is 12.7 Å². The van der Waals surface area contributed by atoms with E-state index in [1.54, 1.807) is 6.92 Å². The molecule has 0 spiro atoms. The standard InChI is InChI=1S/C32H62N2O7/c1-4-6-8-10-12-14-16-18-20-22-27(35)34-26(24-40-32-30(38)29(37)28(36)25(3)41-32)31(39)33-23-21-19-17-15-13-11-9-7-5-2/h25-26,28-30,32,36-38H,4-24H2,1-3H3,(H,33,39)(H,34,35)/t25-,26-,28-,29+,30+,32+/m0/s1. The highest BCUT2D eigenvalue weighted by Crippen LogP contribution is 2.22. The quantitative estimate of drug-likeness (QED) is 0.0961. The van der Waals surface area contributed by atoms with E-state index in [-0.39, 0.29) is 18.4 Å². The maximum atomic E-state index is 13.0. The van der Waals surface area contributed by atoms with E-state index in [1.807, 2.05) is 0 Å². The molecule has 5 N–H and O–H groups in total. The zero-order valence-electron chi connectivity index (χ0n) is 26.3. The lowest BCUT2D eigenvalue weighted by Crippen LogP contribution is -2.58. The van der Waals surface area contributed by atoms with Crippen LogP contribution in [0.5, 0.6) is 0 Å². The number of aliphatic hydroxyl groups is 3. The van der Waals surface area contributed by atoms with Crippen molar-refractivity contribution in [3.63, 3.8) is 0 Å². The van der Waals surface area contributed by atoms with Crippen LogP contribution in [-0.4, -0.2) is 77.0 Å². The molecule has 6 atom stereocenters. The van der Waals surface area contributed by atoms with Crippen LogP contribution in [0.15, 0.2) is 0 Å². The van der Waals surface area contributed by atoms with Gasteiger partial charge in [0.25, 0.3) is 0 Å². The molecule has 0 saturated carbocycles. The molecule has 1 saturated heterocycles. The number of carbonyl (C=O) groups is 2. The second-order valence-electron chi connectivity index (χ2n) is 11.8. The lowest BCUT2D eigenvalue weighted by atomic mass is 10.00. The second kappa shape index (κ2) is 24.2. The van der Waals surface area contributed by atoms with E-state index in [1.165, 1.54) is 77.0 Å². The van der Waals surface area contributed by atoms with Crippen LogP contribution in [0.2, 0.25) is 0 Å². The summed E-state index contributed by atoms with van der Waals surface area (Å²) in [5.74, 6) is -0.558. The van der Waals surface area contributed by atoms with Gasteiger partial charge in [-0.3, -0.25) is 9.59 Å². The number of hydrogen-bond donors (Lipinski definition) is 5. The fourth-order valence-corrected chi connectivity index (χ4v) is 5.16. The summed E-state index contributed by atoms with van der Waals surface area (Å²) in [4.78, 5) is 25.6. The molecule has 1 aliphatic heterocycles. The first-order valence-electron chi connectivity index (χ1n) is 16.7. The van der Waals surface area contributed by atoms with Crippen LogP contribution in [0, 0.1) is 0 Å². The Hall–Kier alpha value is -1.26. The Kier molecular flexibility index (Phi) is 22.3. The number of rotatable bonds is 25. The van der Waals surface area contributed by atoms with Crippen molar-refractivity contribution in [2.24, 2.45) is 0 Å². The van der Waals surface area contributed by atoms with Crippen molar-refractivity contribution in [2.75, 3.05) is 13.2 Å². The van der Waals surface area contributed by atoms with Crippen molar-refractivity contribution in [3.8, 4) is 0 Å². The van der Waals surface area contributed by atoms with Crippen LogP contribution < -0.4 is 10.6 Å². The van der Waals surface area contributed by atoms with Gasteiger partial charge in [-0.15, -0.1) is 0 Å². The second-order valence-corrected chi connectivity index (χ2v) is 11.8. The van der Waals surface area contributed by atoms with Crippen molar-refractivity contribution >= 4 is 11.8 Å². The highest BCUT2D eigenvalue weighted by Gasteiger charge is 2.42. The minimum absolute atomic E-state index is 0.214. The normalized spacial score (nSPS) is 23.3. The number of hydrogen-bond acceptors (Lipinski definition) is 7. The Morgan fingerprint density at radius 3 is 1.73 bits per heavy atom. The molecule has 1 fully saturated rings. The SMILES string of the molecule is CCCCCCCCCCCNC(=O)[C@H](CO[C@@H]1O[C@@H](C)[C@H](O)[C@@H](O)[C@H]1O)NC(=O)CCCCCCCCCCC. The van der Waals surface area contributed by atoms with Gasteiger partial charge in [-0.25, -0.2) is 0 Å². The van der Waals surface area contributed by atoms with Gasteiger partial charge in [0, 0.05) is 13.0 Å². The Balaban J connectivity index is 2.45. The smallest absolute Gasteiger partial charge is 0.244 e. The first-order valence-corrected chi connectivity index (χ1v) is 16.7. The van der Waals surface area contributed by atoms with Crippen LogP contribution in [0.1, 0.15) is 143 Å². The van der Waals surface area contributed by atoms with E-state index >= 15 is 0 Å². The fraction of sp³-hybridized carbons (Fsp3) is 0.938. The molecule has 0 unspecified atom stereocenters. The summed E-state index contributed by atoms with van der Waals surface area (Å²) in [5, 5.41) is 35.9. The van der Waals surface area contributed by atoms with Crippen LogP contribution in [0.4, 0.5) is 0 Å². The molecule has 0 aromatic rings. The van der Waals surface area contributed by atoms with E-state index in [4.69, 9.17) is 9.47 Å². The highest BCUT2D eigenvalue weighted by atomic mass is 16.7. The number of aliphatic hydroxyl groups excluding tert-OH is 3. The summed E-state index contributed by atoms with van der Waals surface area (Å²) in [6.07, 6.45) is 15.3. The molecule has 1 rings (SSSR count). The first kappa shape index (κ1) is 37.8. The molecule has 1 heterocycles. The van der Waals surface area contributed by atoms with E-state index in [9.17, 15) is 24.9 Å². The average molecular weight is 587 g/mol. The Bertz CT molecular complexity index is 666. The summed E-state index contributed by atoms with van der Waals surface area (Å²) in [7, 11) is 0. The van der Waals surface area contributed by atoms with Gasteiger partial charge in [0.2, 0.25) is 11.8 Å². The van der Waals surface area contributed by atoms with E-state index in [0.717, 1.165) is 38.5 Å². The first-order chi connectivity index (χ1) is 19.8. The van der Waals surface area contributed by atoms with Crippen LogP contribution in [-0.2, 0) is 19.1 Å². The molecular weight excluding hydrogens is 524 g/mol. The Labute approximate surface area is 249 Å². The minimum Gasteiger partial charge on any atom is -0.388 e. The number of amides is 2. The van der Waals surface area contributed by atoms with E-state index < -0.39 is 36.7 Å². The van der Waals surface area contributed by atoms with Gasteiger partial charge in [-0.2, -0.15) is 0 Å². The zero-order valence-corrected chi connectivity index (χ0v) is 26.3. The molecule has 0 aliphatic carbocycles. The molecule has 0 aromatic carbocycles. The third kappa shape index (κ3) is 17.5. The summed E-state index contributed by atoms with van der Waals surface area (Å²) in [6, 6.07) is -0.949. The number of carbonyl (C=O) groups excluding carboxylic acids is 2. The number of ether oxygens (including phenoxy) is 2. The predicted molar refractivity (Wildman–Crippen MR) is 162 cm³/mol. The third-order valence-electron chi connectivity index (χ3n) is 7.97. The molecule has 0 radical (unpaired) electrons. The molecule has 1 aliphatic rings. The molecule has 2 amide bonds. The van der Waals surface area contributed by atoms with Crippen molar-refractivity contribution < 1.29 is 34.4 Å². The molecule has 41 heavy (non-hydrogen) atoms. The van der Waals surface area contributed by atoms with Crippen molar-refractivity contribution in [1.29, 1.82) is 0 Å². The van der Waals surface area contributed by atoms with Gasteiger partial charge in [0.1, 0.15) is 24.4 Å². The van der Waals surface area contributed by atoms with Gasteiger partial charge in [-0.1, -0.05) is 117 Å². The summed E-state index contributed by atoms with van der Waals surface area (Å²) >= 11 is 0. The topological polar surface area (TPSA) is 137 Å². The summed E-state index contributed by atoms with van der Waals surface area (Å²) in [5.41, 5.74) is 0. The van der Waals surface area contributed by atoms with Crippen LogP contribution in [0.25, 0.3) is 0 Å². The Morgan fingerprint density at radius 1 is 0.707 bits per heavy atom. The summed E-state index contributed by atoms with van der Waals surface area (Å²) in [6.45, 7) is 6.30. The average Bonchev–Trinajstić information content (AvgIpc) is 2.96. The van der Waals surface area contributed by atoms with Gasteiger partial charge >= 0.3 is 0 Å². The monoisotopic (exact) mass is 586 g/mol. The predicted octanol–water partition coefficient (Wildman–Crippen LogP) is 4.88. The zero-order chi connectivity index (χ0) is 30.3. The van der Waals surface area contributed by atoms with Gasteiger partial charge in [0.15, 0.2) is 6.29 Å². The number of nitrogens with one attached hydrogen (secondary N) is 2. The van der Waals surface area contributed by atoms with Gasteiger partial charge in [-0.05, 0) is 19.8 Å². The lowest BCUT2D eigenvalue weighted by Gasteiger charge is -2.39. The maximum Gasteiger partial charge on any atom is 0.244 e. The Morgan fingerprint density at radius 2 is 1.20 bits per heavy atom. The molecule has 9 nitrogen and oxygen atoms in total.